The molecule has 0 aromatic heterocycles. The van der Waals surface area contributed by atoms with E-state index in [0.29, 0.717) is 5.41 Å². The van der Waals surface area contributed by atoms with E-state index < -0.39 is 0 Å². The molecule has 0 bridgehead atoms. The van der Waals surface area contributed by atoms with E-state index in [4.69, 9.17) is 11.6 Å². The molecule has 0 aliphatic heterocycles. The third-order valence-corrected chi connectivity index (χ3v) is 4.42. The summed E-state index contributed by atoms with van der Waals surface area (Å²) in [5.41, 5.74) is 1.80. The minimum Gasteiger partial charge on any atom is -0.316 e. The smallest absolute Gasteiger partial charge is 0.0406 e. The van der Waals surface area contributed by atoms with Gasteiger partial charge in [0, 0.05) is 11.6 Å². The van der Waals surface area contributed by atoms with Crippen molar-refractivity contribution in [3.05, 3.63) is 34.9 Å². The second-order valence-corrected chi connectivity index (χ2v) is 7.19. The molecule has 1 N–H and O–H groups in total. The summed E-state index contributed by atoms with van der Waals surface area (Å²) in [7, 11) is 0. The lowest BCUT2D eigenvalue weighted by molar-refractivity contribution is 0.252. The van der Waals surface area contributed by atoms with Crippen molar-refractivity contribution >= 4 is 11.6 Å². The highest BCUT2D eigenvalue weighted by molar-refractivity contribution is 6.30. The van der Waals surface area contributed by atoms with Gasteiger partial charge in [0.25, 0.3) is 0 Å². The zero-order chi connectivity index (χ0) is 13.9. The van der Waals surface area contributed by atoms with Crippen LogP contribution in [0.4, 0.5) is 0 Å². The first-order valence-electron chi connectivity index (χ1n) is 7.45. The van der Waals surface area contributed by atoms with Crippen LogP contribution >= 0.6 is 11.6 Å². The van der Waals surface area contributed by atoms with Gasteiger partial charge in [-0.25, -0.2) is 0 Å². The van der Waals surface area contributed by atoms with E-state index in [2.05, 4.69) is 38.2 Å². The Bertz CT molecular complexity index is 394. The quantitative estimate of drug-likeness (QED) is 0.772. The molecule has 0 radical (unpaired) electrons. The lowest BCUT2D eigenvalue weighted by Crippen LogP contribution is -2.37. The maximum absolute atomic E-state index is 5.96. The van der Waals surface area contributed by atoms with Crippen molar-refractivity contribution in [2.75, 3.05) is 13.1 Å². The van der Waals surface area contributed by atoms with Gasteiger partial charge in [-0.05, 0) is 60.8 Å². The van der Waals surface area contributed by atoms with Crippen LogP contribution in [0.1, 0.15) is 39.2 Å². The topological polar surface area (TPSA) is 12.0 Å². The third kappa shape index (κ3) is 4.50. The molecule has 0 saturated heterocycles. The van der Waals surface area contributed by atoms with Crippen molar-refractivity contribution in [2.24, 2.45) is 17.3 Å². The molecular formula is C17H26ClN. The predicted octanol–water partition coefficient (Wildman–Crippen LogP) is 4.54. The molecule has 106 valence electrons. The Hall–Kier alpha value is -0.530. The molecule has 1 atom stereocenters. The highest BCUT2D eigenvalue weighted by Crippen LogP contribution is 2.47. The SMILES string of the molecule is CC(C)CNCC(C)(Cc1ccc(Cl)cc1)C1CC1. The Kier molecular flexibility index (Phi) is 4.92. The lowest BCUT2D eigenvalue weighted by atomic mass is 9.79. The van der Waals surface area contributed by atoms with Crippen molar-refractivity contribution < 1.29 is 0 Å². The Morgan fingerprint density at radius 3 is 2.42 bits per heavy atom. The number of nitrogens with one attached hydrogen (secondary N) is 1. The predicted molar refractivity (Wildman–Crippen MR) is 83.7 cm³/mol. The van der Waals surface area contributed by atoms with Crippen molar-refractivity contribution in [1.82, 2.24) is 5.32 Å². The van der Waals surface area contributed by atoms with E-state index in [0.717, 1.165) is 36.4 Å². The molecule has 1 nitrogen and oxygen atoms in total. The zero-order valence-electron chi connectivity index (χ0n) is 12.4. The van der Waals surface area contributed by atoms with Crippen molar-refractivity contribution in [1.29, 1.82) is 0 Å². The largest absolute Gasteiger partial charge is 0.316 e. The molecular weight excluding hydrogens is 254 g/mol. The van der Waals surface area contributed by atoms with Crippen LogP contribution in [-0.2, 0) is 6.42 Å². The summed E-state index contributed by atoms with van der Waals surface area (Å²) in [5, 5.41) is 4.48. The molecule has 1 aliphatic carbocycles. The minimum atomic E-state index is 0.392. The maximum atomic E-state index is 5.96. The van der Waals surface area contributed by atoms with Gasteiger partial charge >= 0.3 is 0 Å². The molecule has 1 aromatic rings. The van der Waals surface area contributed by atoms with Gasteiger partial charge in [0.2, 0.25) is 0 Å². The van der Waals surface area contributed by atoms with Gasteiger partial charge in [-0.15, -0.1) is 0 Å². The van der Waals surface area contributed by atoms with Crippen LogP contribution in [0.2, 0.25) is 5.02 Å². The average molecular weight is 280 g/mol. The van der Waals surface area contributed by atoms with Crippen LogP contribution in [-0.4, -0.2) is 13.1 Å². The van der Waals surface area contributed by atoms with Crippen LogP contribution in [0.15, 0.2) is 24.3 Å². The Balaban J connectivity index is 1.96. The average Bonchev–Trinajstić information content (AvgIpc) is 3.16. The van der Waals surface area contributed by atoms with Gasteiger partial charge in [-0.3, -0.25) is 0 Å². The molecule has 1 fully saturated rings. The molecule has 1 aromatic carbocycles. The third-order valence-electron chi connectivity index (χ3n) is 4.17. The van der Waals surface area contributed by atoms with Gasteiger partial charge in [0.05, 0.1) is 0 Å². The van der Waals surface area contributed by atoms with E-state index in [1.807, 2.05) is 12.1 Å². The summed E-state index contributed by atoms with van der Waals surface area (Å²) < 4.78 is 0. The molecule has 19 heavy (non-hydrogen) atoms. The second-order valence-electron chi connectivity index (χ2n) is 6.76. The normalized spacial score (nSPS) is 18.6. The fourth-order valence-corrected chi connectivity index (χ4v) is 2.97. The fourth-order valence-electron chi connectivity index (χ4n) is 2.85. The maximum Gasteiger partial charge on any atom is 0.0406 e. The van der Waals surface area contributed by atoms with Crippen molar-refractivity contribution in [2.45, 2.75) is 40.0 Å². The van der Waals surface area contributed by atoms with Crippen LogP contribution in [0.25, 0.3) is 0 Å². The van der Waals surface area contributed by atoms with Gasteiger partial charge in [0.15, 0.2) is 0 Å². The van der Waals surface area contributed by atoms with E-state index in [-0.39, 0.29) is 0 Å². The van der Waals surface area contributed by atoms with E-state index in [1.165, 1.54) is 18.4 Å². The first-order valence-corrected chi connectivity index (χ1v) is 7.82. The Morgan fingerprint density at radius 1 is 1.26 bits per heavy atom. The van der Waals surface area contributed by atoms with Crippen LogP contribution < -0.4 is 5.32 Å². The summed E-state index contributed by atoms with van der Waals surface area (Å²) in [4.78, 5) is 0. The zero-order valence-corrected chi connectivity index (χ0v) is 13.1. The summed E-state index contributed by atoms with van der Waals surface area (Å²) in [6.45, 7) is 9.20. The summed E-state index contributed by atoms with van der Waals surface area (Å²) in [5.74, 6) is 1.61. The van der Waals surface area contributed by atoms with Gasteiger partial charge < -0.3 is 5.32 Å². The van der Waals surface area contributed by atoms with E-state index in [1.54, 1.807) is 0 Å². The van der Waals surface area contributed by atoms with Gasteiger partial charge in [0.1, 0.15) is 0 Å². The van der Waals surface area contributed by atoms with Crippen LogP contribution in [0.5, 0.6) is 0 Å². The van der Waals surface area contributed by atoms with E-state index >= 15 is 0 Å². The summed E-state index contributed by atoms with van der Waals surface area (Å²) in [6.07, 6.45) is 3.95. The molecule has 0 spiro atoms. The molecule has 1 saturated carbocycles. The van der Waals surface area contributed by atoms with Crippen molar-refractivity contribution in [3.63, 3.8) is 0 Å². The molecule has 0 heterocycles. The van der Waals surface area contributed by atoms with Crippen LogP contribution in [0.3, 0.4) is 0 Å². The minimum absolute atomic E-state index is 0.392. The standard InChI is InChI=1S/C17H26ClN/c1-13(2)11-19-12-17(3,15-6-7-15)10-14-4-8-16(18)9-5-14/h4-5,8-9,13,15,19H,6-7,10-12H2,1-3H3. The number of hydrogen-bond acceptors (Lipinski definition) is 1. The Morgan fingerprint density at radius 2 is 1.89 bits per heavy atom. The highest BCUT2D eigenvalue weighted by Gasteiger charge is 2.40. The first kappa shape index (κ1) is 14.9. The molecule has 2 rings (SSSR count). The number of hydrogen-bond donors (Lipinski definition) is 1. The number of rotatable bonds is 7. The van der Waals surface area contributed by atoms with Gasteiger partial charge in [-0.1, -0.05) is 44.5 Å². The van der Waals surface area contributed by atoms with E-state index in [9.17, 15) is 0 Å². The summed E-state index contributed by atoms with van der Waals surface area (Å²) in [6, 6.07) is 8.36. The highest BCUT2D eigenvalue weighted by atomic mass is 35.5. The molecule has 1 unspecified atom stereocenters. The van der Waals surface area contributed by atoms with Crippen LogP contribution in [0, 0.1) is 17.3 Å². The van der Waals surface area contributed by atoms with Gasteiger partial charge in [-0.2, -0.15) is 0 Å². The number of benzene rings is 1. The summed E-state index contributed by atoms with van der Waals surface area (Å²) >= 11 is 5.96. The fraction of sp³-hybridized carbons (Fsp3) is 0.647. The lowest BCUT2D eigenvalue weighted by Gasteiger charge is -2.31. The van der Waals surface area contributed by atoms with Crippen molar-refractivity contribution in [3.8, 4) is 0 Å². The molecule has 2 heteroatoms. The second kappa shape index (κ2) is 6.28. The Labute approximate surface area is 122 Å². The number of halogens is 1. The first-order chi connectivity index (χ1) is 8.99. The monoisotopic (exact) mass is 279 g/mol. The molecule has 1 aliphatic rings. The molecule has 0 amide bonds.